The second kappa shape index (κ2) is 5.93. The van der Waals surface area contributed by atoms with E-state index in [1.807, 2.05) is 0 Å². The molecule has 2 rings (SSSR count). The molecule has 19 heavy (non-hydrogen) atoms. The molecule has 1 aliphatic rings. The van der Waals surface area contributed by atoms with Crippen LogP contribution in [0.2, 0.25) is 0 Å². The molecule has 1 N–H and O–H groups in total. The van der Waals surface area contributed by atoms with Crippen molar-refractivity contribution < 1.29 is 9.47 Å². The standard InChI is InChI=1S/C16H25NO2/c1-5-14(11-18-4)17-10-12-6-7-15-13(8-12)9-16(2,3)19-15/h6-8,14,17H,5,9-11H2,1-4H3. The first-order chi connectivity index (χ1) is 9.04. The fourth-order valence-electron chi connectivity index (χ4n) is 2.56. The SMILES string of the molecule is CCC(COC)NCc1ccc2c(c1)CC(C)(C)O2. The minimum absolute atomic E-state index is 0.0591. The second-order valence-corrected chi connectivity index (χ2v) is 5.92. The lowest BCUT2D eigenvalue weighted by Gasteiger charge is -2.16. The number of benzene rings is 1. The smallest absolute Gasteiger partial charge is 0.123 e. The fourth-order valence-corrected chi connectivity index (χ4v) is 2.56. The predicted octanol–water partition coefficient (Wildman–Crippen LogP) is 2.91. The van der Waals surface area contributed by atoms with Crippen molar-refractivity contribution >= 4 is 0 Å². The van der Waals surface area contributed by atoms with Gasteiger partial charge in [0.1, 0.15) is 11.4 Å². The monoisotopic (exact) mass is 263 g/mol. The van der Waals surface area contributed by atoms with Gasteiger partial charge in [-0.2, -0.15) is 0 Å². The molecule has 0 aliphatic carbocycles. The molecule has 1 aromatic rings. The van der Waals surface area contributed by atoms with Crippen LogP contribution in [0, 0.1) is 0 Å². The van der Waals surface area contributed by atoms with Crippen molar-refractivity contribution in [1.82, 2.24) is 5.32 Å². The van der Waals surface area contributed by atoms with Crippen molar-refractivity contribution in [3.05, 3.63) is 29.3 Å². The van der Waals surface area contributed by atoms with Crippen LogP contribution in [0.15, 0.2) is 18.2 Å². The summed E-state index contributed by atoms with van der Waals surface area (Å²) in [4.78, 5) is 0. The first-order valence-corrected chi connectivity index (χ1v) is 7.07. The van der Waals surface area contributed by atoms with Crippen LogP contribution in [-0.2, 0) is 17.7 Å². The Hall–Kier alpha value is -1.06. The van der Waals surface area contributed by atoms with Crippen LogP contribution in [0.5, 0.6) is 5.75 Å². The molecule has 1 atom stereocenters. The number of nitrogens with one attached hydrogen (secondary N) is 1. The van der Waals surface area contributed by atoms with Crippen LogP contribution in [0.1, 0.15) is 38.3 Å². The lowest BCUT2D eigenvalue weighted by molar-refractivity contribution is 0.138. The van der Waals surface area contributed by atoms with Gasteiger partial charge in [-0.25, -0.2) is 0 Å². The molecule has 0 saturated carbocycles. The Morgan fingerprint density at radius 1 is 1.42 bits per heavy atom. The number of ether oxygens (including phenoxy) is 2. The largest absolute Gasteiger partial charge is 0.487 e. The van der Waals surface area contributed by atoms with E-state index >= 15 is 0 Å². The zero-order chi connectivity index (χ0) is 13.9. The average Bonchev–Trinajstić information content (AvgIpc) is 2.67. The Morgan fingerprint density at radius 3 is 2.89 bits per heavy atom. The normalized spacial score (nSPS) is 17.9. The number of hydrogen-bond donors (Lipinski definition) is 1. The number of fused-ring (bicyclic) bond motifs is 1. The molecule has 0 spiro atoms. The minimum Gasteiger partial charge on any atom is -0.487 e. The van der Waals surface area contributed by atoms with E-state index in [0.717, 1.165) is 31.7 Å². The van der Waals surface area contributed by atoms with Crippen LogP contribution in [0.25, 0.3) is 0 Å². The third kappa shape index (κ3) is 3.71. The summed E-state index contributed by atoms with van der Waals surface area (Å²) in [6, 6.07) is 6.92. The predicted molar refractivity (Wildman–Crippen MR) is 77.6 cm³/mol. The molecule has 106 valence electrons. The Balaban J connectivity index is 1.96. The molecular formula is C16H25NO2. The van der Waals surface area contributed by atoms with Crippen molar-refractivity contribution in [3.8, 4) is 5.75 Å². The van der Waals surface area contributed by atoms with E-state index in [1.165, 1.54) is 11.1 Å². The van der Waals surface area contributed by atoms with Crippen molar-refractivity contribution in [3.63, 3.8) is 0 Å². The lowest BCUT2D eigenvalue weighted by Crippen LogP contribution is -2.32. The van der Waals surface area contributed by atoms with Crippen LogP contribution in [0.3, 0.4) is 0 Å². The first-order valence-electron chi connectivity index (χ1n) is 7.07. The van der Waals surface area contributed by atoms with Gasteiger partial charge < -0.3 is 14.8 Å². The Kier molecular flexibility index (Phi) is 4.48. The molecule has 1 aliphatic heterocycles. The number of hydrogen-bond acceptors (Lipinski definition) is 3. The highest BCUT2D eigenvalue weighted by atomic mass is 16.5. The summed E-state index contributed by atoms with van der Waals surface area (Å²) in [6.45, 7) is 8.09. The summed E-state index contributed by atoms with van der Waals surface area (Å²) in [5.74, 6) is 1.04. The molecule has 1 heterocycles. The summed E-state index contributed by atoms with van der Waals surface area (Å²) in [5, 5.41) is 3.53. The van der Waals surface area contributed by atoms with Gasteiger partial charge in [0.05, 0.1) is 6.61 Å². The van der Waals surface area contributed by atoms with E-state index in [9.17, 15) is 0 Å². The van der Waals surface area contributed by atoms with Crippen LogP contribution < -0.4 is 10.1 Å². The van der Waals surface area contributed by atoms with Gasteiger partial charge in [0.2, 0.25) is 0 Å². The zero-order valence-corrected chi connectivity index (χ0v) is 12.5. The van der Waals surface area contributed by atoms with Gasteiger partial charge in [-0.05, 0) is 37.5 Å². The van der Waals surface area contributed by atoms with Crippen LogP contribution >= 0.6 is 0 Å². The molecular weight excluding hydrogens is 238 g/mol. The number of rotatable bonds is 6. The topological polar surface area (TPSA) is 30.5 Å². The molecule has 1 unspecified atom stereocenters. The van der Waals surface area contributed by atoms with Gasteiger partial charge in [-0.3, -0.25) is 0 Å². The Morgan fingerprint density at radius 2 is 2.21 bits per heavy atom. The third-order valence-electron chi connectivity index (χ3n) is 3.58. The summed E-state index contributed by atoms with van der Waals surface area (Å²) in [5.41, 5.74) is 2.58. The van der Waals surface area contributed by atoms with Gasteiger partial charge in [0, 0.05) is 26.1 Å². The molecule has 3 heteroatoms. The highest BCUT2D eigenvalue weighted by molar-refractivity contribution is 5.41. The molecule has 3 nitrogen and oxygen atoms in total. The van der Waals surface area contributed by atoms with Gasteiger partial charge in [0.25, 0.3) is 0 Å². The molecule has 0 amide bonds. The van der Waals surface area contributed by atoms with Crippen LogP contribution in [-0.4, -0.2) is 25.4 Å². The maximum absolute atomic E-state index is 5.89. The molecule has 0 saturated heterocycles. The average molecular weight is 263 g/mol. The Bertz CT molecular complexity index is 429. The maximum atomic E-state index is 5.89. The maximum Gasteiger partial charge on any atom is 0.123 e. The van der Waals surface area contributed by atoms with E-state index in [0.29, 0.717) is 6.04 Å². The van der Waals surface area contributed by atoms with E-state index in [-0.39, 0.29) is 5.60 Å². The van der Waals surface area contributed by atoms with Gasteiger partial charge in [0.15, 0.2) is 0 Å². The van der Waals surface area contributed by atoms with Crippen molar-refractivity contribution in [2.45, 2.75) is 51.8 Å². The summed E-state index contributed by atoms with van der Waals surface area (Å²) < 4.78 is 11.1. The van der Waals surface area contributed by atoms with Crippen molar-refractivity contribution in [2.24, 2.45) is 0 Å². The molecule has 1 aromatic carbocycles. The third-order valence-corrected chi connectivity index (χ3v) is 3.58. The van der Waals surface area contributed by atoms with Crippen molar-refractivity contribution in [1.29, 1.82) is 0 Å². The molecule has 0 fully saturated rings. The first kappa shape index (κ1) is 14.4. The zero-order valence-electron chi connectivity index (χ0n) is 12.5. The second-order valence-electron chi connectivity index (χ2n) is 5.92. The highest BCUT2D eigenvalue weighted by Crippen LogP contribution is 2.35. The summed E-state index contributed by atoms with van der Waals surface area (Å²) in [7, 11) is 1.75. The molecule has 0 radical (unpaired) electrons. The minimum atomic E-state index is -0.0591. The quantitative estimate of drug-likeness (QED) is 0.856. The van der Waals surface area contributed by atoms with Gasteiger partial charge in [-0.1, -0.05) is 19.1 Å². The van der Waals surface area contributed by atoms with Crippen molar-refractivity contribution in [2.75, 3.05) is 13.7 Å². The summed E-state index contributed by atoms with van der Waals surface area (Å²) >= 11 is 0. The van der Waals surface area contributed by atoms with E-state index in [2.05, 4.69) is 44.3 Å². The molecule has 0 bridgehead atoms. The molecule has 0 aromatic heterocycles. The van der Waals surface area contributed by atoms with Gasteiger partial charge in [-0.15, -0.1) is 0 Å². The van der Waals surface area contributed by atoms with E-state index in [1.54, 1.807) is 7.11 Å². The fraction of sp³-hybridized carbons (Fsp3) is 0.625. The lowest BCUT2D eigenvalue weighted by atomic mass is 10.00. The highest BCUT2D eigenvalue weighted by Gasteiger charge is 2.29. The van der Waals surface area contributed by atoms with Crippen LogP contribution in [0.4, 0.5) is 0 Å². The van der Waals surface area contributed by atoms with E-state index in [4.69, 9.17) is 9.47 Å². The Labute approximate surface area is 116 Å². The summed E-state index contributed by atoms with van der Waals surface area (Å²) in [6.07, 6.45) is 2.07. The van der Waals surface area contributed by atoms with Gasteiger partial charge >= 0.3 is 0 Å². The van der Waals surface area contributed by atoms with E-state index < -0.39 is 0 Å². The number of methoxy groups -OCH3 is 1.